The van der Waals surface area contributed by atoms with E-state index in [1.54, 1.807) is 10.7 Å². The molecule has 0 atom stereocenters. The fraction of sp³-hybridized carbons (Fsp3) is 0.357. The van der Waals surface area contributed by atoms with Crippen LogP contribution in [0.3, 0.4) is 0 Å². The number of carbonyl (C=O) groups excluding carboxylic acids is 2. The van der Waals surface area contributed by atoms with Crippen LogP contribution in [0.1, 0.15) is 29.8 Å². The van der Waals surface area contributed by atoms with E-state index >= 15 is 0 Å². The van der Waals surface area contributed by atoms with E-state index in [4.69, 9.17) is 11.5 Å². The molecule has 1 aromatic carbocycles. The number of nitrogens with two attached hydrogens (primary N) is 2. The molecule has 6 nitrogen and oxygen atoms in total. The van der Waals surface area contributed by atoms with E-state index < -0.39 is 5.91 Å². The number of benzene rings is 1. The van der Waals surface area contributed by atoms with Gasteiger partial charge in [-0.2, -0.15) is 5.10 Å². The Labute approximate surface area is 116 Å². The van der Waals surface area contributed by atoms with Crippen molar-refractivity contribution in [2.24, 2.45) is 11.5 Å². The Balaban J connectivity index is 2.22. The van der Waals surface area contributed by atoms with Crippen molar-refractivity contribution in [2.75, 3.05) is 6.54 Å². The normalized spacial score (nSPS) is 10.8. The molecule has 1 heterocycles. The second kappa shape index (κ2) is 6.29. The summed E-state index contributed by atoms with van der Waals surface area (Å²) in [5, 5.41) is 4.83. The van der Waals surface area contributed by atoms with Crippen LogP contribution in [0, 0.1) is 0 Å². The van der Waals surface area contributed by atoms with Gasteiger partial charge in [0.25, 0.3) is 5.91 Å². The van der Waals surface area contributed by atoms with Crippen LogP contribution in [0.2, 0.25) is 0 Å². The molecule has 1 aromatic heterocycles. The SMILES string of the molecule is NCCCCC(=O)Cn1nc(C(N)=O)c2ccccc21. The number of ketones is 1. The van der Waals surface area contributed by atoms with Crippen LogP contribution >= 0.6 is 0 Å². The first-order valence-electron chi connectivity index (χ1n) is 6.60. The number of hydrogen-bond acceptors (Lipinski definition) is 4. The summed E-state index contributed by atoms with van der Waals surface area (Å²) in [4.78, 5) is 23.3. The number of Topliss-reactive ketones (excluding diaryl/α,β-unsaturated/α-hetero) is 1. The molecule has 1 amide bonds. The van der Waals surface area contributed by atoms with E-state index in [0.717, 1.165) is 18.4 Å². The average molecular weight is 274 g/mol. The second-order valence-electron chi connectivity index (χ2n) is 4.67. The minimum Gasteiger partial charge on any atom is -0.364 e. The Hall–Kier alpha value is -2.21. The lowest BCUT2D eigenvalue weighted by Crippen LogP contribution is -2.15. The largest absolute Gasteiger partial charge is 0.364 e. The molecule has 6 heteroatoms. The van der Waals surface area contributed by atoms with Gasteiger partial charge in [0.05, 0.1) is 5.52 Å². The van der Waals surface area contributed by atoms with Crippen molar-refractivity contribution in [3.05, 3.63) is 30.0 Å². The maximum Gasteiger partial charge on any atom is 0.269 e. The molecule has 0 fully saturated rings. The van der Waals surface area contributed by atoms with Crippen molar-refractivity contribution < 1.29 is 9.59 Å². The quantitative estimate of drug-likeness (QED) is 0.730. The van der Waals surface area contributed by atoms with E-state index in [1.165, 1.54) is 0 Å². The van der Waals surface area contributed by atoms with Gasteiger partial charge in [0.2, 0.25) is 0 Å². The van der Waals surface area contributed by atoms with Crippen LogP contribution in [0.25, 0.3) is 10.9 Å². The summed E-state index contributed by atoms with van der Waals surface area (Å²) in [7, 11) is 0. The van der Waals surface area contributed by atoms with Crippen molar-refractivity contribution in [1.82, 2.24) is 9.78 Å². The van der Waals surface area contributed by atoms with Crippen molar-refractivity contribution in [3.8, 4) is 0 Å². The number of nitrogens with zero attached hydrogens (tertiary/aromatic N) is 2. The third kappa shape index (κ3) is 3.03. The van der Waals surface area contributed by atoms with Gasteiger partial charge in [-0.25, -0.2) is 0 Å². The van der Waals surface area contributed by atoms with Gasteiger partial charge >= 0.3 is 0 Å². The van der Waals surface area contributed by atoms with Crippen LogP contribution in [-0.2, 0) is 11.3 Å². The van der Waals surface area contributed by atoms with Gasteiger partial charge in [-0.15, -0.1) is 0 Å². The number of para-hydroxylation sites is 1. The minimum absolute atomic E-state index is 0.0720. The molecule has 0 aliphatic carbocycles. The first-order chi connectivity index (χ1) is 9.63. The first-order valence-corrected chi connectivity index (χ1v) is 6.60. The monoisotopic (exact) mass is 274 g/mol. The summed E-state index contributed by atoms with van der Waals surface area (Å²) >= 11 is 0. The van der Waals surface area contributed by atoms with Crippen LogP contribution in [0.5, 0.6) is 0 Å². The predicted octanol–water partition coefficient (Wildman–Crippen LogP) is 0.833. The lowest BCUT2D eigenvalue weighted by atomic mass is 10.1. The van der Waals surface area contributed by atoms with Crippen LogP contribution in [0.15, 0.2) is 24.3 Å². The molecule has 2 rings (SSSR count). The van der Waals surface area contributed by atoms with Gasteiger partial charge in [0.1, 0.15) is 6.54 Å². The Bertz CT molecular complexity index is 633. The minimum atomic E-state index is -0.587. The van der Waals surface area contributed by atoms with Crippen molar-refractivity contribution in [2.45, 2.75) is 25.8 Å². The Kier molecular flexibility index (Phi) is 4.47. The highest BCUT2D eigenvalue weighted by atomic mass is 16.1. The standard InChI is InChI=1S/C14H18N4O2/c15-8-4-3-5-10(19)9-18-12-7-2-1-6-11(12)13(17-18)14(16)20/h1-2,6-7H,3-5,8-9,15H2,(H2,16,20). The molecule has 0 bridgehead atoms. The molecular weight excluding hydrogens is 256 g/mol. The smallest absolute Gasteiger partial charge is 0.269 e. The molecule has 4 N–H and O–H groups in total. The molecule has 0 aliphatic heterocycles. The molecule has 0 saturated heterocycles. The zero-order valence-corrected chi connectivity index (χ0v) is 11.2. The third-order valence-corrected chi connectivity index (χ3v) is 3.13. The van der Waals surface area contributed by atoms with Gasteiger partial charge in [0.15, 0.2) is 11.5 Å². The summed E-state index contributed by atoms with van der Waals surface area (Å²) in [6.45, 7) is 0.738. The van der Waals surface area contributed by atoms with E-state index in [1.807, 2.05) is 18.2 Å². The lowest BCUT2D eigenvalue weighted by molar-refractivity contribution is -0.119. The van der Waals surface area contributed by atoms with Crippen molar-refractivity contribution in [3.63, 3.8) is 0 Å². The maximum absolute atomic E-state index is 11.9. The average Bonchev–Trinajstić information content (AvgIpc) is 2.78. The van der Waals surface area contributed by atoms with Crippen LogP contribution in [-0.4, -0.2) is 28.0 Å². The topological polar surface area (TPSA) is 104 Å². The zero-order valence-electron chi connectivity index (χ0n) is 11.2. The highest BCUT2D eigenvalue weighted by Gasteiger charge is 2.15. The molecule has 0 aliphatic rings. The summed E-state index contributed by atoms with van der Waals surface area (Å²) in [6.07, 6.45) is 2.08. The molecule has 0 spiro atoms. The molecule has 20 heavy (non-hydrogen) atoms. The highest BCUT2D eigenvalue weighted by molar-refractivity contribution is 6.04. The number of carbonyl (C=O) groups is 2. The second-order valence-corrected chi connectivity index (χ2v) is 4.67. The van der Waals surface area contributed by atoms with Crippen molar-refractivity contribution >= 4 is 22.6 Å². The molecule has 0 radical (unpaired) electrons. The number of unbranched alkanes of at least 4 members (excludes halogenated alkanes) is 1. The number of rotatable bonds is 7. The number of aromatic nitrogens is 2. The molecule has 0 unspecified atom stereocenters. The number of primary amides is 1. The molecular formula is C14H18N4O2. The predicted molar refractivity (Wildman–Crippen MR) is 76.2 cm³/mol. The molecule has 2 aromatic rings. The fourth-order valence-corrected chi connectivity index (χ4v) is 2.14. The van der Waals surface area contributed by atoms with Gasteiger partial charge in [-0.3, -0.25) is 14.3 Å². The summed E-state index contributed by atoms with van der Waals surface area (Å²) in [6, 6.07) is 7.24. The van der Waals surface area contributed by atoms with E-state index in [2.05, 4.69) is 5.10 Å². The lowest BCUT2D eigenvalue weighted by Gasteiger charge is -2.02. The van der Waals surface area contributed by atoms with Crippen molar-refractivity contribution in [1.29, 1.82) is 0 Å². The van der Waals surface area contributed by atoms with E-state index in [0.29, 0.717) is 18.4 Å². The maximum atomic E-state index is 11.9. The summed E-state index contributed by atoms with van der Waals surface area (Å²) < 4.78 is 1.54. The zero-order chi connectivity index (χ0) is 14.5. The summed E-state index contributed by atoms with van der Waals surface area (Å²) in [5.41, 5.74) is 11.7. The van der Waals surface area contributed by atoms with Gasteiger partial charge in [-0.1, -0.05) is 18.2 Å². The third-order valence-electron chi connectivity index (χ3n) is 3.13. The molecule has 0 saturated carbocycles. The first kappa shape index (κ1) is 14.2. The Morgan fingerprint density at radius 2 is 1.95 bits per heavy atom. The highest BCUT2D eigenvalue weighted by Crippen LogP contribution is 2.18. The number of fused-ring (bicyclic) bond motifs is 1. The van der Waals surface area contributed by atoms with E-state index in [9.17, 15) is 9.59 Å². The molecule has 106 valence electrons. The number of hydrogen-bond donors (Lipinski definition) is 2. The Morgan fingerprint density at radius 3 is 2.65 bits per heavy atom. The van der Waals surface area contributed by atoms with Gasteiger partial charge < -0.3 is 11.5 Å². The summed E-state index contributed by atoms with van der Waals surface area (Å²) in [5.74, 6) is -0.516. The number of amides is 1. The van der Waals surface area contributed by atoms with E-state index in [-0.39, 0.29) is 18.0 Å². The van der Waals surface area contributed by atoms with Gasteiger partial charge in [0, 0.05) is 11.8 Å². The van der Waals surface area contributed by atoms with Gasteiger partial charge in [-0.05, 0) is 25.5 Å². The van der Waals surface area contributed by atoms with Crippen LogP contribution in [0.4, 0.5) is 0 Å². The van der Waals surface area contributed by atoms with Crippen LogP contribution < -0.4 is 11.5 Å². The Morgan fingerprint density at radius 1 is 1.20 bits per heavy atom. The fourth-order valence-electron chi connectivity index (χ4n) is 2.14.